The Kier molecular flexibility index (Phi) is 1.75. The van der Waals surface area contributed by atoms with Crippen LogP contribution in [0.4, 0.5) is 0 Å². The van der Waals surface area contributed by atoms with Crippen molar-refractivity contribution in [3.8, 4) is 0 Å². The zero-order chi connectivity index (χ0) is 9.92. The maximum atomic E-state index is 11.6. The van der Waals surface area contributed by atoms with Crippen LogP contribution in [0.2, 0.25) is 0 Å². The highest BCUT2D eigenvalue weighted by Crippen LogP contribution is 2.70. The van der Waals surface area contributed by atoms with Crippen LogP contribution in [0.3, 0.4) is 0 Å². The van der Waals surface area contributed by atoms with Gasteiger partial charge in [-0.15, -0.1) is 0 Å². The number of ketones is 1. The zero-order valence-corrected chi connectivity index (χ0v) is 9.07. The molecule has 3 fully saturated rings. The number of hydrogen-bond donors (Lipinski definition) is 1. The van der Waals surface area contributed by atoms with Crippen LogP contribution < -0.4 is 0 Å². The van der Waals surface area contributed by atoms with Gasteiger partial charge in [0, 0.05) is 22.8 Å². The van der Waals surface area contributed by atoms with Gasteiger partial charge in [0.15, 0.2) is 0 Å². The average molecular weight is 230 g/mol. The van der Waals surface area contributed by atoms with Crippen LogP contribution in [0, 0.1) is 17.8 Å². The molecule has 2 saturated carbocycles. The largest absolute Gasteiger partial charge is 0.481 e. The lowest BCUT2D eigenvalue weighted by molar-refractivity contribution is -0.140. The molecule has 3 nitrogen and oxygen atoms in total. The molecule has 1 spiro atoms. The van der Waals surface area contributed by atoms with Crippen LogP contribution in [0.15, 0.2) is 0 Å². The monoisotopic (exact) mass is 230 g/mol. The summed E-state index contributed by atoms with van der Waals surface area (Å²) in [5, 5.41) is 8.95. The summed E-state index contributed by atoms with van der Waals surface area (Å²) in [6, 6.07) is 0. The third-order valence-electron chi connectivity index (χ3n) is 3.59. The van der Waals surface area contributed by atoms with Gasteiger partial charge in [-0.05, 0) is 12.3 Å². The van der Waals surface area contributed by atoms with Crippen LogP contribution in [-0.2, 0) is 9.59 Å². The lowest BCUT2D eigenvalue weighted by Crippen LogP contribution is -2.26. The Morgan fingerprint density at radius 1 is 1.57 bits per heavy atom. The molecule has 0 aromatic rings. The first-order valence-corrected chi connectivity index (χ1v) is 7.04. The third-order valence-corrected chi connectivity index (χ3v) is 6.88. The highest BCUT2D eigenvalue weighted by Gasteiger charge is 2.73. The van der Waals surface area contributed by atoms with E-state index >= 15 is 0 Å². The number of carbonyl (C=O) groups excluding carboxylic acids is 1. The van der Waals surface area contributed by atoms with Gasteiger partial charge < -0.3 is 5.11 Å². The van der Waals surface area contributed by atoms with Crippen molar-refractivity contribution in [3.05, 3.63) is 0 Å². The fourth-order valence-corrected chi connectivity index (χ4v) is 6.61. The van der Waals surface area contributed by atoms with E-state index in [0.29, 0.717) is 6.42 Å². The lowest BCUT2D eigenvalue weighted by atomic mass is 9.95. The molecule has 0 bridgehead atoms. The van der Waals surface area contributed by atoms with Crippen molar-refractivity contribution < 1.29 is 14.7 Å². The first kappa shape index (κ1) is 9.09. The van der Waals surface area contributed by atoms with E-state index in [2.05, 4.69) is 0 Å². The summed E-state index contributed by atoms with van der Waals surface area (Å²) in [6.07, 6.45) is 1.63. The van der Waals surface area contributed by atoms with Crippen LogP contribution in [0.1, 0.15) is 12.8 Å². The van der Waals surface area contributed by atoms with Crippen molar-refractivity contribution in [2.24, 2.45) is 17.8 Å². The van der Waals surface area contributed by atoms with Crippen LogP contribution in [0.5, 0.6) is 0 Å². The third kappa shape index (κ3) is 0.972. The number of aliphatic carboxylic acids is 1. The molecular formula is C9H10O3S2. The fourth-order valence-electron chi connectivity index (χ4n) is 2.96. The van der Waals surface area contributed by atoms with Gasteiger partial charge in [-0.25, -0.2) is 0 Å². The summed E-state index contributed by atoms with van der Waals surface area (Å²) in [6.45, 7) is 0. The minimum atomic E-state index is -0.773. The number of carboxylic acid groups (broad SMARTS) is 1. The number of carbonyl (C=O) groups is 2. The second-order valence-corrected chi connectivity index (χ2v) is 7.11. The fraction of sp³-hybridized carbons (Fsp3) is 0.778. The number of Topliss-reactive ketones (excluding diaryl/α,β-unsaturated/α-hetero) is 1. The van der Waals surface area contributed by atoms with Gasteiger partial charge in [-0.1, -0.05) is 21.6 Å². The molecule has 5 heteroatoms. The number of carboxylic acids is 1. The topological polar surface area (TPSA) is 54.4 Å². The van der Waals surface area contributed by atoms with E-state index in [9.17, 15) is 9.59 Å². The number of fused-ring (bicyclic) bond motifs is 2. The first-order valence-electron chi connectivity index (χ1n) is 4.72. The van der Waals surface area contributed by atoms with Crippen molar-refractivity contribution >= 4 is 33.3 Å². The van der Waals surface area contributed by atoms with Crippen molar-refractivity contribution in [1.29, 1.82) is 0 Å². The summed E-state index contributed by atoms with van der Waals surface area (Å²) < 4.78 is -0.00449. The summed E-state index contributed by atoms with van der Waals surface area (Å²) in [5.74, 6) is 0.129. The molecule has 1 N–H and O–H groups in total. The van der Waals surface area contributed by atoms with E-state index in [1.807, 2.05) is 0 Å². The first-order chi connectivity index (χ1) is 6.66. The molecule has 3 aliphatic rings. The van der Waals surface area contributed by atoms with Gasteiger partial charge in [-0.3, -0.25) is 9.59 Å². The summed E-state index contributed by atoms with van der Waals surface area (Å²) in [4.78, 5) is 22.5. The van der Waals surface area contributed by atoms with Crippen LogP contribution in [-0.4, -0.2) is 27.4 Å². The smallest absolute Gasteiger partial charge is 0.307 e. The van der Waals surface area contributed by atoms with E-state index < -0.39 is 5.97 Å². The highest BCUT2D eigenvalue weighted by atomic mass is 33.1. The van der Waals surface area contributed by atoms with E-state index in [1.54, 1.807) is 21.6 Å². The van der Waals surface area contributed by atoms with Crippen molar-refractivity contribution in [2.75, 3.05) is 5.75 Å². The van der Waals surface area contributed by atoms with E-state index in [-0.39, 0.29) is 28.3 Å². The molecule has 76 valence electrons. The minimum absolute atomic E-state index is 0.00449. The summed E-state index contributed by atoms with van der Waals surface area (Å²) in [5.41, 5.74) is 0. The van der Waals surface area contributed by atoms with E-state index in [0.717, 1.165) is 12.2 Å². The molecular weight excluding hydrogens is 220 g/mol. The van der Waals surface area contributed by atoms with Gasteiger partial charge in [0.1, 0.15) is 5.78 Å². The van der Waals surface area contributed by atoms with Crippen molar-refractivity contribution in [1.82, 2.24) is 0 Å². The van der Waals surface area contributed by atoms with Gasteiger partial charge in [0.25, 0.3) is 0 Å². The molecule has 0 amide bonds. The predicted octanol–water partition coefficient (Wildman–Crippen LogP) is 1.43. The Morgan fingerprint density at radius 3 is 2.86 bits per heavy atom. The normalized spacial score (nSPS) is 49.7. The number of hydrogen-bond acceptors (Lipinski definition) is 4. The zero-order valence-electron chi connectivity index (χ0n) is 7.43. The van der Waals surface area contributed by atoms with Crippen LogP contribution in [0.25, 0.3) is 0 Å². The second kappa shape index (κ2) is 2.70. The highest BCUT2D eigenvalue weighted by molar-refractivity contribution is 8.77. The predicted molar refractivity (Wildman–Crippen MR) is 55.1 cm³/mol. The van der Waals surface area contributed by atoms with Gasteiger partial charge in [-0.2, -0.15) is 0 Å². The van der Waals surface area contributed by atoms with Crippen molar-refractivity contribution in [3.63, 3.8) is 0 Å². The molecule has 0 aromatic carbocycles. The average Bonchev–Trinajstić information content (AvgIpc) is 2.66. The summed E-state index contributed by atoms with van der Waals surface area (Å²) >= 11 is 0. The molecule has 3 rings (SSSR count). The SMILES string of the molecule is O=C(O)C1C2C(=O)CC3(CCSS3)C12. The van der Waals surface area contributed by atoms with E-state index in [4.69, 9.17) is 5.11 Å². The molecule has 0 aromatic heterocycles. The molecule has 2 aliphatic carbocycles. The molecule has 1 aliphatic heterocycles. The second-order valence-electron chi connectivity index (χ2n) is 4.28. The van der Waals surface area contributed by atoms with Crippen LogP contribution >= 0.6 is 21.6 Å². The lowest BCUT2D eigenvalue weighted by Gasteiger charge is -2.22. The Labute approximate surface area is 89.4 Å². The standard InChI is InChI=1S/C9H10O3S2/c10-4-3-9(1-2-13-14-9)7-5(4)6(7)8(11)12/h5-7H,1-3H2,(H,11,12). The molecule has 1 heterocycles. The summed E-state index contributed by atoms with van der Waals surface area (Å²) in [7, 11) is 3.55. The minimum Gasteiger partial charge on any atom is -0.481 e. The Morgan fingerprint density at radius 2 is 2.36 bits per heavy atom. The van der Waals surface area contributed by atoms with Gasteiger partial charge in [0.05, 0.1) is 5.92 Å². The van der Waals surface area contributed by atoms with E-state index in [1.165, 1.54) is 0 Å². The Bertz CT molecular complexity index is 318. The molecule has 4 atom stereocenters. The quantitative estimate of drug-likeness (QED) is 0.691. The maximum Gasteiger partial charge on any atom is 0.307 e. The number of rotatable bonds is 1. The molecule has 1 saturated heterocycles. The molecule has 14 heavy (non-hydrogen) atoms. The Balaban J connectivity index is 1.90. The molecule has 4 unspecified atom stereocenters. The van der Waals surface area contributed by atoms with Gasteiger partial charge in [0.2, 0.25) is 0 Å². The van der Waals surface area contributed by atoms with Gasteiger partial charge >= 0.3 is 5.97 Å². The maximum absolute atomic E-state index is 11.6. The Hall–Kier alpha value is -0.160. The molecule has 0 radical (unpaired) electrons. The van der Waals surface area contributed by atoms with Crippen molar-refractivity contribution in [2.45, 2.75) is 17.6 Å².